The number of anilines is 1. The molecule has 1 aliphatic rings. The van der Waals surface area contributed by atoms with Gasteiger partial charge in [-0.25, -0.2) is 4.79 Å². The van der Waals surface area contributed by atoms with Crippen molar-refractivity contribution in [3.05, 3.63) is 24.3 Å². The first-order valence-corrected chi connectivity index (χ1v) is 9.14. The average Bonchev–Trinajstić information content (AvgIpc) is 2.99. The maximum absolute atomic E-state index is 12.3. The summed E-state index contributed by atoms with van der Waals surface area (Å²) >= 11 is 0. The van der Waals surface area contributed by atoms with Crippen LogP contribution in [0.2, 0.25) is 0 Å². The molecule has 0 bridgehead atoms. The lowest BCUT2D eigenvalue weighted by Crippen LogP contribution is -2.43. The number of amides is 3. The van der Waals surface area contributed by atoms with E-state index in [1.54, 1.807) is 4.90 Å². The van der Waals surface area contributed by atoms with Crippen LogP contribution in [0.3, 0.4) is 0 Å². The topological polar surface area (TPSA) is 70.7 Å². The van der Waals surface area contributed by atoms with Gasteiger partial charge >= 0.3 is 6.03 Å². The summed E-state index contributed by atoms with van der Waals surface area (Å²) in [7, 11) is 0. The van der Waals surface area contributed by atoms with Crippen molar-refractivity contribution in [1.82, 2.24) is 10.6 Å². The molecule has 1 atom stereocenters. The number of nitrogens with one attached hydrogen (secondary N) is 2. The number of ether oxygens (including phenoxy) is 1. The predicted octanol–water partition coefficient (Wildman–Crippen LogP) is 2.93. The maximum atomic E-state index is 12.3. The molecule has 1 saturated heterocycles. The third kappa shape index (κ3) is 5.37. The Morgan fingerprint density at radius 2 is 1.92 bits per heavy atom. The molecule has 0 aliphatic carbocycles. The molecule has 1 aromatic carbocycles. The number of rotatable bonds is 8. The molecule has 25 heavy (non-hydrogen) atoms. The lowest BCUT2D eigenvalue weighted by Gasteiger charge is -2.18. The molecule has 6 heteroatoms. The second kappa shape index (κ2) is 9.30. The van der Waals surface area contributed by atoms with E-state index in [2.05, 4.69) is 24.5 Å². The van der Waals surface area contributed by atoms with Crippen LogP contribution in [0.5, 0.6) is 5.75 Å². The van der Waals surface area contributed by atoms with Crippen LogP contribution in [0.1, 0.15) is 40.0 Å². The average molecular weight is 347 g/mol. The van der Waals surface area contributed by atoms with Crippen LogP contribution >= 0.6 is 0 Å². The van der Waals surface area contributed by atoms with Gasteiger partial charge in [0.25, 0.3) is 0 Å². The Kier molecular flexibility index (Phi) is 7.10. The minimum atomic E-state index is -0.152. The molecule has 0 radical (unpaired) electrons. The summed E-state index contributed by atoms with van der Waals surface area (Å²) in [6.07, 6.45) is 2.28. The van der Waals surface area contributed by atoms with E-state index in [1.807, 2.05) is 31.2 Å². The summed E-state index contributed by atoms with van der Waals surface area (Å²) < 4.78 is 5.43. The Balaban J connectivity index is 1.84. The highest BCUT2D eigenvalue weighted by molar-refractivity contribution is 5.95. The van der Waals surface area contributed by atoms with E-state index >= 15 is 0 Å². The molecule has 1 aliphatic heterocycles. The third-order valence-corrected chi connectivity index (χ3v) is 4.54. The van der Waals surface area contributed by atoms with Crippen molar-refractivity contribution < 1.29 is 14.3 Å². The summed E-state index contributed by atoms with van der Waals surface area (Å²) in [6, 6.07) is 7.60. The second-order valence-electron chi connectivity index (χ2n) is 6.37. The zero-order chi connectivity index (χ0) is 18.2. The Labute approximate surface area is 149 Å². The van der Waals surface area contributed by atoms with Gasteiger partial charge in [0.2, 0.25) is 5.91 Å². The molecule has 0 saturated carbocycles. The van der Waals surface area contributed by atoms with Crippen molar-refractivity contribution >= 4 is 17.6 Å². The van der Waals surface area contributed by atoms with Gasteiger partial charge in [-0.1, -0.05) is 13.8 Å². The molecule has 6 nitrogen and oxygen atoms in total. The van der Waals surface area contributed by atoms with Gasteiger partial charge in [0.15, 0.2) is 0 Å². The highest BCUT2D eigenvalue weighted by atomic mass is 16.5. The minimum absolute atomic E-state index is 0.0939. The van der Waals surface area contributed by atoms with Gasteiger partial charge < -0.3 is 20.3 Å². The van der Waals surface area contributed by atoms with E-state index in [0.717, 1.165) is 24.3 Å². The number of hydrogen-bond donors (Lipinski definition) is 2. The first-order valence-electron chi connectivity index (χ1n) is 9.14. The molecular weight excluding hydrogens is 318 g/mol. The molecule has 3 amide bonds. The fourth-order valence-corrected chi connectivity index (χ4v) is 3.02. The lowest BCUT2D eigenvalue weighted by molar-refractivity contribution is -0.117. The third-order valence-electron chi connectivity index (χ3n) is 4.54. The van der Waals surface area contributed by atoms with Crippen LogP contribution in [0.25, 0.3) is 0 Å². The van der Waals surface area contributed by atoms with Gasteiger partial charge in [0.1, 0.15) is 5.75 Å². The van der Waals surface area contributed by atoms with Gasteiger partial charge in [-0.2, -0.15) is 0 Å². The minimum Gasteiger partial charge on any atom is -0.494 e. The number of carbonyl (C=O) groups excluding carboxylic acids is 2. The molecule has 0 spiro atoms. The van der Waals surface area contributed by atoms with E-state index in [9.17, 15) is 9.59 Å². The Hall–Kier alpha value is -2.24. The number of hydrogen-bond acceptors (Lipinski definition) is 3. The lowest BCUT2D eigenvalue weighted by atomic mass is 10.1. The van der Waals surface area contributed by atoms with Gasteiger partial charge in [-0.3, -0.25) is 4.79 Å². The Morgan fingerprint density at radius 3 is 2.52 bits per heavy atom. The number of benzene rings is 1. The van der Waals surface area contributed by atoms with Crippen LogP contribution in [0.15, 0.2) is 24.3 Å². The normalized spacial score (nSPS) is 17.0. The molecule has 138 valence electrons. The standard InChI is InChI=1S/C19H29N3O3/c1-4-15(5-2)21-19(24)20-12-14-11-18(23)22(13-14)16-7-9-17(10-8-16)25-6-3/h7-10,14-15H,4-6,11-13H2,1-3H3,(H2,20,21,24). The van der Waals surface area contributed by atoms with Crippen LogP contribution in [0.4, 0.5) is 10.5 Å². The fourth-order valence-electron chi connectivity index (χ4n) is 3.02. The van der Waals surface area contributed by atoms with Crippen molar-refractivity contribution in [3.8, 4) is 5.75 Å². The first-order chi connectivity index (χ1) is 12.1. The fraction of sp³-hybridized carbons (Fsp3) is 0.579. The predicted molar refractivity (Wildman–Crippen MR) is 99.0 cm³/mol. The summed E-state index contributed by atoms with van der Waals surface area (Å²) in [4.78, 5) is 26.0. The van der Waals surface area contributed by atoms with Gasteiger partial charge in [0, 0.05) is 37.2 Å². The summed E-state index contributed by atoms with van der Waals surface area (Å²) in [6.45, 7) is 7.80. The molecule has 2 N–H and O–H groups in total. The molecule has 1 fully saturated rings. The molecule has 1 heterocycles. The number of nitrogens with zero attached hydrogens (tertiary/aromatic N) is 1. The van der Waals surface area contributed by atoms with E-state index in [4.69, 9.17) is 4.74 Å². The molecule has 2 rings (SSSR count). The van der Waals surface area contributed by atoms with Crippen molar-refractivity contribution in [2.45, 2.75) is 46.1 Å². The van der Waals surface area contributed by atoms with Crippen molar-refractivity contribution in [3.63, 3.8) is 0 Å². The second-order valence-corrected chi connectivity index (χ2v) is 6.37. The SMILES string of the molecule is CCOc1ccc(N2CC(CNC(=O)NC(CC)CC)CC2=O)cc1. The van der Waals surface area contributed by atoms with Crippen LogP contribution in [-0.2, 0) is 4.79 Å². The maximum Gasteiger partial charge on any atom is 0.315 e. The van der Waals surface area contributed by atoms with E-state index < -0.39 is 0 Å². The Bertz CT molecular complexity index is 570. The molecule has 0 aromatic heterocycles. The van der Waals surface area contributed by atoms with Crippen molar-refractivity contribution in [2.75, 3.05) is 24.6 Å². The smallest absolute Gasteiger partial charge is 0.315 e. The van der Waals surface area contributed by atoms with E-state index in [-0.39, 0.29) is 23.9 Å². The summed E-state index contributed by atoms with van der Waals surface area (Å²) in [5.41, 5.74) is 0.873. The number of carbonyl (C=O) groups is 2. The summed E-state index contributed by atoms with van der Waals surface area (Å²) in [5, 5.41) is 5.84. The van der Waals surface area contributed by atoms with E-state index in [1.165, 1.54) is 0 Å². The molecule has 1 aromatic rings. The zero-order valence-electron chi connectivity index (χ0n) is 15.4. The largest absolute Gasteiger partial charge is 0.494 e. The quantitative estimate of drug-likeness (QED) is 0.759. The van der Waals surface area contributed by atoms with Gasteiger partial charge in [-0.15, -0.1) is 0 Å². The summed E-state index contributed by atoms with van der Waals surface area (Å²) in [5.74, 6) is 1.03. The Morgan fingerprint density at radius 1 is 1.24 bits per heavy atom. The highest BCUT2D eigenvalue weighted by Gasteiger charge is 2.30. The van der Waals surface area contributed by atoms with Crippen LogP contribution in [0, 0.1) is 5.92 Å². The highest BCUT2D eigenvalue weighted by Crippen LogP contribution is 2.26. The van der Waals surface area contributed by atoms with Crippen LogP contribution in [-0.4, -0.2) is 37.7 Å². The molecular formula is C19H29N3O3. The monoisotopic (exact) mass is 347 g/mol. The van der Waals surface area contributed by atoms with E-state index in [0.29, 0.717) is 26.1 Å². The first kappa shape index (κ1) is 19.1. The van der Waals surface area contributed by atoms with Gasteiger partial charge in [0.05, 0.1) is 6.61 Å². The van der Waals surface area contributed by atoms with Crippen LogP contribution < -0.4 is 20.3 Å². The van der Waals surface area contributed by atoms with Crippen molar-refractivity contribution in [2.24, 2.45) is 5.92 Å². The van der Waals surface area contributed by atoms with Crippen molar-refractivity contribution in [1.29, 1.82) is 0 Å². The number of urea groups is 1. The zero-order valence-corrected chi connectivity index (χ0v) is 15.4. The van der Waals surface area contributed by atoms with Gasteiger partial charge in [-0.05, 0) is 44.0 Å². The molecule has 1 unspecified atom stereocenters.